The fourth-order valence-corrected chi connectivity index (χ4v) is 5.95. The Morgan fingerprint density at radius 3 is 2.40 bits per heavy atom. The minimum Gasteiger partial charge on any atom is -0.489 e. The summed E-state index contributed by atoms with van der Waals surface area (Å²) < 4.78 is 26.5. The van der Waals surface area contributed by atoms with Crippen molar-refractivity contribution in [1.29, 1.82) is 5.26 Å². The van der Waals surface area contributed by atoms with Crippen molar-refractivity contribution >= 4 is 20.0 Å². The highest BCUT2D eigenvalue weighted by atomic mass is 28.3. The van der Waals surface area contributed by atoms with Crippen LogP contribution in [-0.2, 0) is 11.3 Å². The lowest BCUT2D eigenvalue weighted by Gasteiger charge is -2.33. The Hall–Kier alpha value is -5.32. The molecule has 3 aromatic carbocycles. The lowest BCUT2D eigenvalue weighted by atomic mass is 9.94. The second-order valence-electron chi connectivity index (χ2n) is 12.6. The number of anilines is 1. The summed E-state index contributed by atoms with van der Waals surface area (Å²) in [6.45, 7) is 9.53. The number of nitrogens with two attached hydrogens (primary N) is 1. The van der Waals surface area contributed by atoms with Crippen LogP contribution in [0.5, 0.6) is 5.75 Å². The van der Waals surface area contributed by atoms with Gasteiger partial charge in [-0.1, -0.05) is 74.1 Å². The molecule has 1 aromatic heterocycles. The Balaban J connectivity index is 1.70. The molecule has 0 atom stereocenters. The van der Waals surface area contributed by atoms with E-state index < -0.39 is 20.0 Å². The molecule has 1 aliphatic heterocycles. The zero-order valence-electron chi connectivity index (χ0n) is 26.9. The molecule has 4 aromatic rings. The summed E-state index contributed by atoms with van der Waals surface area (Å²) in [5.41, 5.74) is 12.1. The first-order valence-corrected chi connectivity index (χ1v) is 19.0. The number of H-pyrrole nitrogens is 1. The highest BCUT2D eigenvalue weighted by Gasteiger charge is 2.28. The SMILES string of the molecule is Cc1ccc(-c2c(-c3ccc(C#N)c(F)c3)[nH]c(N3CCC(OC(N)=O)CC3)c(C#C[Si](C)(C)C)c2=O)cc1OCc1ccccc1. The largest absolute Gasteiger partial charge is 0.489 e. The molecule has 1 fully saturated rings. The number of rotatable bonds is 7. The number of hydrogen-bond acceptors (Lipinski definition) is 6. The number of primary amides is 1. The van der Waals surface area contributed by atoms with E-state index in [0.717, 1.165) is 11.1 Å². The van der Waals surface area contributed by atoms with Crippen LogP contribution in [0.25, 0.3) is 22.4 Å². The van der Waals surface area contributed by atoms with Gasteiger partial charge in [0.1, 0.15) is 49.8 Å². The Morgan fingerprint density at radius 2 is 1.77 bits per heavy atom. The van der Waals surface area contributed by atoms with Crippen molar-refractivity contribution in [3.8, 4) is 45.7 Å². The number of benzene rings is 3. The van der Waals surface area contributed by atoms with E-state index in [-0.39, 0.29) is 17.1 Å². The molecule has 1 saturated heterocycles. The van der Waals surface area contributed by atoms with E-state index in [0.29, 0.717) is 72.1 Å². The molecule has 47 heavy (non-hydrogen) atoms. The number of halogens is 1. The van der Waals surface area contributed by atoms with Crippen molar-refractivity contribution in [2.75, 3.05) is 18.0 Å². The lowest BCUT2D eigenvalue weighted by molar-refractivity contribution is 0.0911. The van der Waals surface area contributed by atoms with Gasteiger partial charge in [-0.3, -0.25) is 4.79 Å². The molecule has 0 unspecified atom stereocenters. The molecule has 10 heteroatoms. The summed E-state index contributed by atoms with van der Waals surface area (Å²) in [6.07, 6.45) is -0.137. The second kappa shape index (κ2) is 14.0. The number of hydrogen-bond donors (Lipinski definition) is 2. The van der Waals surface area contributed by atoms with Crippen molar-refractivity contribution in [1.82, 2.24) is 4.98 Å². The Bertz CT molecular complexity index is 1960. The Morgan fingerprint density at radius 1 is 1.06 bits per heavy atom. The molecular formula is C37H37FN4O4Si. The van der Waals surface area contributed by atoms with Crippen molar-refractivity contribution in [2.45, 2.75) is 52.1 Å². The van der Waals surface area contributed by atoms with Gasteiger partial charge < -0.3 is 25.1 Å². The number of pyridine rings is 1. The number of nitriles is 1. The molecule has 2 heterocycles. The van der Waals surface area contributed by atoms with Gasteiger partial charge in [-0.15, -0.1) is 5.54 Å². The molecule has 1 amide bonds. The number of ether oxygens (including phenoxy) is 2. The van der Waals surface area contributed by atoms with E-state index in [9.17, 15) is 14.9 Å². The van der Waals surface area contributed by atoms with E-state index in [2.05, 4.69) is 36.1 Å². The van der Waals surface area contributed by atoms with Gasteiger partial charge in [0.15, 0.2) is 0 Å². The summed E-state index contributed by atoms with van der Waals surface area (Å²) >= 11 is 0. The number of aromatic amines is 1. The summed E-state index contributed by atoms with van der Waals surface area (Å²) in [4.78, 5) is 31.6. The highest BCUT2D eigenvalue weighted by molar-refractivity contribution is 6.83. The maximum absolute atomic E-state index is 15.1. The first kappa shape index (κ1) is 33.1. The first-order chi connectivity index (χ1) is 22.4. The monoisotopic (exact) mass is 648 g/mol. The quantitative estimate of drug-likeness (QED) is 0.166. The van der Waals surface area contributed by atoms with Crippen LogP contribution in [-0.4, -0.2) is 38.3 Å². The molecule has 240 valence electrons. The molecular weight excluding hydrogens is 612 g/mol. The molecule has 0 saturated carbocycles. The number of piperidine rings is 1. The van der Waals surface area contributed by atoms with E-state index >= 15 is 4.39 Å². The van der Waals surface area contributed by atoms with Crippen LogP contribution in [0.2, 0.25) is 19.6 Å². The third-order valence-corrected chi connectivity index (χ3v) is 8.76. The minimum atomic E-state index is -1.92. The third kappa shape index (κ3) is 7.92. The molecule has 0 spiro atoms. The summed E-state index contributed by atoms with van der Waals surface area (Å²) in [5.74, 6) is 3.65. The summed E-state index contributed by atoms with van der Waals surface area (Å²) in [5, 5.41) is 9.38. The molecule has 1 aliphatic rings. The van der Waals surface area contributed by atoms with Gasteiger partial charge in [0, 0.05) is 31.5 Å². The van der Waals surface area contributed by atoms with Crippen LogP contribution in [0.3, 0.4) is 0 Å². The van der Waals surface area contributed by atoms with E-state index in [4.69, 9.17) is 15.2 Å². The maximum atomic E-state index is 15.1. The van der Waals surface area contributed by atoms with E-state index in [1.54, 1.807) is 6.07 Å². The maximum Gasteiger partial charge on any atom is 0.404 e. The van der Waals surface area contributed by atoms with E-state index in [1.165, 1.54) is 12.1 Å². The zero-order valence-corrected chi connectivity index (χ0v) is 27.9. The van der Waals surface area contributed by atoms with Gasteiger partial charge in [-0.05, 0) is 41.8 Å². The normalized spacial score (nSPS) is 13.3. The van der Waals surface area contributed by atoms with Crippen molar-refractivity contribution < 1.29 is 18.7 Å². The van der Waals surface area contributed by atoms with Gasteiger partial charge in [0.2, 0.25) is 5.43 Å². The number of nitrogens with zero attached hydrogens (tertiary/aromatic N) is 2. The zero-order chi connectivity index (χ0) is 33.7. The van der Waals surface area contributed by atoms with Crippen LogP contribution in [0.15, 0.2) is 71.5 Å². The molecule has 0 aliphatic carbocycles. The fraction of sp³-hybridized carbons (Fsp3) is 0.270. The number of amides is 1. The summed E-state index contributed by atoms with van der Waals surface area (Å²) in [6, 6.07) is 21.5. The summed E-state index contributed by atoms with van der Waals surface area (Å²) in [7, 11) is -1.92. The molecule has 5 rings (SSSR count). The smallest absolute Gasteiger partial charge is 0.404 e. The first-order valence-electron chi connectivity index (χ1n) is 15.5. The van der Waals surface area contributed by atoms with Crippen LogP contribution in [0, 0.1) is 35.5 Å². The number of carbonyl (C=O) groups is 1. The Labute approximate surface area is 275 Å². The van der Waals surface area contributed by atoms with Crippen LogP contribution < -0.4 is 20.8 Å². The van der Waals surface area contributed by atoms with Crippen LogP contribution >= 0.6 is 0 Å². The predicted molar refractivity (Wildman–Crippen MR) is 184 cm³/mol. The van der Waals surface area contributed by atoms with Gasteiger partial charge in [-0.2, -0.15) is 5.26 Å². The van der Waals surface area contributed by atoms with Crippen LogP contribution in [0.1, 0.15) is 35.1 Å². The molecule has 0 bridgehead atoms. The highest BCUT2D eigenvalue weighted by Crippen LogP contribution is 2.35. The third-order valence-electron chi connectivity index (χ3n) is 7.88. The average molecular weight is 649 g/mol. The van der Waals surface area contributed by atoms with Gasteiger partial charge in [-0.25, -0.2) is 9.18 Å². The Kier molecular flexibility index (Phi) is 9.83. The molecule has 8 nitrogen and oxygen atoms in total. The van der Waals surface area contributed by atoms with E-state index in [1.807, 2.05) is 66.4 Å². The fourth-order valence-electron chi connectivity index (χ4n) is 5.45. The second-order valence-corrected chi connectivity index (χ2v) is 17.4. The van der Waals surface area contributed by atoms with Crippen molar-refractivity contribution in [3.05, 3.63) is 105 Å². The van der Waals surface area contributed by atoms with Crippen molar-refractivity contribution in [3.63, 3.8) is 0 Å². The molecule has 0 radical (unpaired) electrons. The standard InChI is InChI=1S/C37H37FN4O4Si/c1-24-10-11-26(21-32(24)45-23-25-8-6-5-7-9-25)33-34(27-12-13-28(22-39)31(38)20-27)41-36(30(35(33)43)16-19-47(2,3)4)42-17-14-29(15-18-42)46-37(40)44/h5-13,20-21,29H,14-15,17-18,23H2,1-4H3,(H2,40,44)(H,41,43). The van der Waals surface area contributed by atoms with Gasteiger partial charge in [0.05, 0.1) is 16.8 Å². The number of aromatic nitrogens is 1. The minimum absolute atomic E-state index is 0.0982. The molecule has 3 N–H and O–H groups in total. The van der Waals surface area contributed by atoms with Crippen LogP contribution in [0.4, 0.5) is 15.0 Å². The topological polar surface area (TPSA) is 121 Å². The van der Waals surface area contributed by atoms with Gasteiger partial charge >= 0.3 is 6.09 Å². The van der Waals surface area contributed by atoms with Crippen molar-refractivity contribution in [2.24, 2.45) is 5.73 Å². The number of nitrogens with one attached hydrogen (secondary N) is 1. The van der Waals surface area contributed by atoms with Gasteiger partial charge in [0.25, 0.3) is 0 Å². The number of aryl methyl sites for hydroxylation is 1. The lowest BCUT2D eigenvalue weighted by Crippen LogP contribution is -2.40. The predicted octanol–water partition coefficient (Wildman–Crippen LogP) is 6.90. The number of carbonyl (C=O) groups excluding carboxylic acids is 1. The average Bonchev–Trinajstić information content (AvgIpc) is 3.03.